The largest absolute Gasteiger partial charge is 0.481 e. The van der Waals surface area contributed by atoms with E-state index >= 15 is 0 Å². The van der Waals surface area contributed by atoms with Crippen LogP contribution in [-0.2, 0) is 93.5 Å². The van der Waals surface area contributed by atoms with E-state index in [-0.39, 0.29) is 67.9 Å². The van der Waals surface area contributed by atoms with Crippen LogP contribution in [0.5, 0.6) is 86.2 Å². The number of rotatable bonds is 18. The summed E-state index contributed by atoms with van der Waals surface area (Å²) in [5.41, 5.74) is -1.81. The molecule has 0 fully saturated rings. The first-order valence-corrected chi connectivity index (χ1v) is 31.8. The quantitative estimate of drug-likeness (QED) is 0.0442. The van der Waals surface area contributed by atoms with Crippen molar-refractivity contribution in [2.75, 3.05) is 0 Å². The SMILES string of the molecule is CC(=O)Oc1cc(OC(C)=O)c2c(c1)O[C@@]1(c3ccc(OC(C)=O)c(OC(C)=O)c3)Oc3cc(OC(C)=O)c4c(c3[C@@H]2[C@H]1OC(C)=O)O[C@H](c1ccc(OC(C)=O)c(OC(C)=O)c1)[C@H](OC(C)=O)[C@@H]4c1c(OC(C)=O)cc(OC(C)=O)c2c1O[C@@H](c1ccc(OC(C)=O)c(OC(C)=O)c1)[C@@H](OC(C)=O)C2. The fraction of sp³-hybridized carbons (Fsp3) is 0.315. The van der Waals surface area contributed by atoms with E-state index in [1.807, 2.05) is 0 Å². The van der Waals surface area contributed by atoms with Gasteiger partial charge in [0, 0.05) is 172 Å². The second-order valence-electron chi connectivity index (χ2n) is 23.9. The summed E-state index contributed by atoms with van der Waals surface area (Å²) < 4.78 is 110. The summed E-state index contributed by atoms with van der Waals surface area (Å²) in [5.74, 6) is -26.2. The minimum absolute atomic E-state index is 0.0102. The Hall–Kier alpha value is -12.9. The monoisotopic (exact) mass is 1450 g/mol. The minimum Gasteiger partial charge on any atom is -0.481 e. The van der Waals surface area contributed by atoms with Crippen LogP contribution in [0.25, 0.3) is 0 Å². The molecule has 0 amide bonds. The summed E-state index contributed by atoms with van der Waals surface area (Å²) in [7, 11) is 0. The molecule has 10 rings (SSSR count). The van der Waals surface area contributed by atoms with Crippen LogP contribution in [0.4, 0.5) is 0 Å². The van der Waals surface area contributed by atoms with Gasteiger partial charge in [0.2, 0.25) is 0 Å². The van der Waals surface area contributed by atoms with Crippen LogP contribution >= 0.6 is 0 Å². The Morgan fingerprint density at radius 3 is 1.19 bits per heavy atom. The van der Waals surface area contributed by atoms with Crippen molar-refractivity contribution >= 4 is 83.6 Å². The van der Waals surface area contributed by atoms with E-state index in [4.69, 9.17) is 85.3 Å². The molecule has 4 aliphatic heterocycles. The molecule has 0 aromatic heterocycles. The van der Waals surface area contributed by atoms with Gasteiger partial charge in [-0.3, -0.25) is 67.1 Å². The van der Waals surface area contributed by atoms with Gasteiger partial charge in [-0.15, -0.1) is 0 Å². The Balaban J connectivity index is 1.43. The first-order chi connectivity index (χ1) is 49.5. The van der Waals surface area contributed by atoms with E-state index in [0.717, 1.165) is 127 Å². The van der Waals surface area contributed by atoms with Gasteiger partial charge in [-0.2, -0.15) is 0 Å². The zero-order valence-corrected chi connectivity index (χ0v) is 58.3. The summed E-state index contributed by atoms with van der Waals surface area (Å²) in [4.78, 5) is 186. The summed E-state index contributed by atoms with van der Waals surface area (Å²) >= 11 is 0. The van der Waals surface area contributed by atoms with Gasteiger partial charge in [0.15, 0.2) is 58.9 Å². The normalized spacial score (nSPS) is 18.9. The highest BCUT2D eigenvalue weighted by Crippen LogP contribution is 2.67. The van der Waals surface area contributed by atoms with Gasteiger partial charge in [-0.25, -0.2) is 0 Å². The molecule has 0 saturated carbocycles. The standard InChI is InChI=1S/C73H64O32/c1-29(74)88-46-24-55(96-37(9)82)61-58(25-46)104-73(45-17-20-50(91-32(4)77)54(23-45)95-36(8)81)72(101-42(14)87)66(61)64-59(105-73)28-57(98-39(11)84)63-65(71(100-41(13)86)68(103-70(63)64)44-16-19-49(90-31(3)76)53(22-44)94-35(7)80)62-56(97-38(10)83)27-51(92-33(5)78)47-26-60(99-40(12)85)67(102-69(47)62)43-15-18-48(89-30(2)75)52(21-43)93-34(6)79/h15-25,27-28,60,65-68,71-72H,26H2,1-14H3/t60-,65+,66+,67-,68+,71+,72+,73-/m0/s1. The lowest BCUT2D eigenvalue weighted by Gasteiger charge is -2.52. The third-order valence-electron chi connectivity index (χ3n) is 15.7. The van der Waals surface area contributed by atoms with Gasteiger partial charge >= 0.3 is 89.4 Å². The van der Waals surface area contributed by atoms with E-state index in [9.17, 15) is 67.1 Å². The van der Waals surface area contributed by atoms with Crippen molar-refractivity contribution in [2.24, 2.45) is 0 Å². The lowest BCUT2D eigenvalue weighted by Crippen LogP contribution is -2.59. The highest BCUT2D eigenvalue weighted by molar-refractivity contribution is 5.83. The summed E-state index contributed by atoms with van der Waals surface area (Å²) in [5, 5.41) is 0. The number of hydrogen-bond acceptors (Lipinski definition) is 32. The molecule has 4 heterocycles. The van der Waals surface area contributed by atoms with Gasteiger partial charge in [0.05, 0.1) is 11.8 Å². The van der Waals surface area contributed by atoms with Crippen LogP contribution in [0.1, 0.15) is 165 Å². The average Bonchev–Trinajstić information content (AvgIpc) is 0.684. The molecule has 0 N–H and O–H groups in total. The highest BCUT2D eigenvalue weighted by atomic mass is 16.7. The number of fused-ring (bicyclic) bond motifs is 9. The Kier molecular flexibility index (Phi) is 21.3. The molecule has 8 atom stereocenters. The van der Waals surface area contributed by atoms with Crippen molar-refractivity contribution in [1.82, 2.24) is 0 Å². The Morgan fingerprint density at radius 2 is 0.714 bits per heavy atom. The molecule has 0 spiro atoms. The first-order valence-electron chi connectivity index (χ1n) is 31.8. The second kappa shape index (κ2) is 30.0. The maximum atomic E-state index is 14.4. The van der Waals surface area contributed by atoms with Crippen molar-refractivity contribution in [3.05, 3.63) is 123 Å². The van der Waals surface area contributed by atoms with E-state index < -0.39 is 201 Å². The third-order valence-corrected chi connectivity index (χ3v) is 15.7. The maximum Gasteiger partial charge on any atom is 0.316 e. The minimum atomic E-state index is -2.68. The van der Waals surface area contributed by atoms with Crippen LogP contribution in [0, 0.1) is 0 Å². The first kappa shape index (κ1) is 74.8. The van der Waals surface area contributed by atoms with Crippen LogP contribution < -0.4 is 71.1 Å². The van der Waals surface area contributed by atoms with Crippen LogP contribution in [0.3, 0.4) is 0 Å². The molecule has 6 aromatic carbocycles. The Labute approximate surface area is 595 Å². The number of benzene rings is 6. The van der Waals surface area contributed by atoms with Crippen molar-refractivity contribution in [1.29, 1.82) is 0 Å². The predicted molar refractivity (Wildman–Crippen MR) is 347 cm³/mol. The fourth-order valence-corrected chi connectivity index (χ4v) is 12.7. The average molecular weight is 1450 g/mol. The highest BCUT2D eigenvalue weighted by Gasteiger charge is 2.64. The van der Waals surface area contributed by atoms with Crippen molar-refractivity contribution in [2.45, 2.75) is 151 Å². The Morgan fingerprint density at radius 1 is 0.324 bits per heavy atom. The number of carbonyl (C=O) groups excluding carboxylic acids is 14. The molecule has 6 aromatic rings. The molecule has 0 unspecified atom stereocenters. The summed E-state index contributed by atoms with van der Waals surface area (Å²) in [6.45, 7) is 14.4. The van der Waals surface area contributed by atoms with Gasteiger partial charge in [0.25, 0.3) is 0 Å². The molecule has 32 heteroatoms. The number of carbonyl (C=O) groups is 14. The predicted octanol–water partition coefficient (Wildman–Crippen LogP) is 8.37. The molecule has 2 bridgehead atoms. The molecule has 105 heavy (non-hydrogen) atoms. The summed E-state index contributed by atoms with van der Waals surface area (Å²) in [6.07, 6.45) is -9.56. The fourth-order valence-electron chi connectivity index (χ4n) is 12.7. The zero-order chi connectivity index (χ0) is 76.5. The van der Waals surface area contributed by atoms with Crippen LogP contribution in [0.15, 0.2) is 78.9 Å². The van der Waals surface area contributed by atoms with Gasteiger partial charge in [-0.05, 0) is 42.5 Å². The molecule has 0 aliphatic carbocycles. The smallest absolute Gasteiger partial charge is 0.316 e. The summed E-state index contributed by atoms with van der Waals surface area (Å²) in [6, 6.07) is 15.5. The molecular formula is C73H64O32. The van der Waals surface area contributed by atoms with E-state index in [0.29, 0.717) is 0 Å². The van der Waals surface area contributed by atoms with Gasteiger partial charge in [-0.1, -0.05) is 12.1 Å². The Bertz CT molecular complexity index is 4730. The molecule has 32 nitrogen and oxygen atoms in total. The molecular weight excluding hydrogens is 1390 g/mol. The zero-order valence-electron chi connectivity index (χ0n) is 58.3. The van der Waals surface area contributed by atoms with Crippen LogP contribution in [0.2, 0.25) is 0 Å². The van der Waals surface area contributed by atoms with E-state index in [1.54, 1.807) is 0 Å². The topological polar surface area (TPSA) is 405 Å². The molecule has 4 aliphatic rings. The lowest BCUT2D eigenvalue weighted by molar-refractivity contribution is -0.232. The van der Waals surface area contributed by atoms with Crippen molar-refractivity contribution in [3.8, 4) is 86.2 Å². The third kappa shape index (κ3) is 16.1. The van der Waals surface area contributed by atoms with Crippen molar-refractivity contribution in [3.63, 3.8) is 0 Å². The van der Waals surface area contributed by atoms with Crippen LogP contribution in [-0.4, -0.2) is 102 Å². The number of ether oxygens (including phenoxy) is 18. The van der Waals surface area contributed by atoms with Gasteiger partial charge in [0.1, 0.15) is 57.8 Å². The van der Waals surface area contributed by atoms with Crippen molar-refractivity contribution < 1.29 is 152 Å². The second-order valence-corrected chi connectivity index (χ2v) is 23.9. The lowest BCUT2D eigenvalue weighted by atomic mass is 9.71. The number of esters is 14. The molecule has 548 valence electrons. The number of hydrogen-bond donors (Lipinski definition) is 0. The molecule has 0 radical (unpaired) electrons. The molecule has 0 saturated heterocycles. The van der Waals surface area contributed by atoms with E-state index in [1.165, 1.54) is 48.5 Å². The van der Waals surface area contributed by atoms with Gasteiger partial charge < -0.3 is 85.3 Å². The maximum absolute atomic E-state index is 14.4. The van der Waals surface area contributed by atoms with E-state index in [2.05, 4.69) is 0 Å².